The summed E-state index contributed by atoms with van der Waals surface area (Å²) >= 11 is 0. The molecule has 0 spiro atoms. The molecule has 0 aliphatic carbocycles. The van der Waals surface area contributed by atoms with Gasteiger partial charge in [0.15, 0.2) is 9.84 Å². The van der Waals surface area contributed by atoms with Gasteiger partial charge in [-0.3, -0.25) is 14.9 Å². The van der Waals surface area contributed by atoms with Crippen molar-refractivity contribution in [3.05, 3.63) is 28.3 Å². The third-order valence-electron chi connectivity index (χ3n) is 4.19. The summed E-state index contributed by atoms with van der Waals surface area (Å²) in [7, 11) is -3.50. The van der Waals surface area contributed by atoms with Crippen molar-refractivity contribution in [3.8, 4) is 0 Å². The molecule has 0 atom stereocenters. The topological polar surface area (TPSA) is 110 Å². The number of anilines is 1. The van der Waals surface area contributed by atoms with Crippen LogP contribution in [0, 0.1) is 10.1 Å². The number of hydrogen-bond donors (Lipinski definition) is 1. The largest absolute Gasteiger partial charge is 0.379 e. The molecule has 1 saturated heterocycles. The van der Waals surface area contributed by atoms with Crippen molar-refractivity contribution in [1.82, 2.24) is 4.90 Å². The SMILES string of the molecule is CS(=O)(=O)c1ccc(NCCCN2CCCCCC2=O)c([N+](=O)[O-])c1. The van der Waals surface area contributed by atoms with Crippen molar-refractivity contribution < 1.29 is 18.1 Å². The van der Waals surface area contributed by atoms with Crippen LogP contribution in [0.25, 0.3) is 0 Å². The zero-order valence-corrected chi connectivity index (χ0v) is 15.0. The average molecular weight is 369 g/mol. The van der Waals surface area contributed by atoms with Gasteiger partial charge in [-0.05, 0) is 31.4 Å². The van der Waals surface area contributed by atoms with Crippen LogP contribution in [0.1, 0.15) is 32.1 Å². The highest BCUT2D eigenvalue weighted by Gasteiger charge is 2.19. The fraction of sp³-hybridized carbons (Fsp3) is 0.562. The van der Waals surface area contributed by atoms with E-state index in [-0.39, 0.29) is 22.2 Å². The van der Waals surface area contributed by atoms with Gasteiger partial charge in [-0.25, -0.2) is 8.42 Å². The second-order valence-corrected chi connectivity index (χ2v) is 8.20. The maximum absolute atomic E-state index is 11.9. The Morgan fingerprint density at radius 2 is 2.04 bits per heavy atom. The first-order valence-corrected chi connectivity index (χ1v) is 10.2. The van der Waals surface area contributed by atoms with E-state index in [1.54, 1.807) is 0 Å². The predicted molar refractivity (Wildman–Crippen MR) is 94.4 cm³/mol. The maximum Gasteiger partial charge on any atom is 0.293 e. The summed E-state index contributed by atoms with van der Waals surface area (Å²) in [4.78, 5) is 24.3. The minimum absolute atomic E-state index is 0.0834. The van der Waals surface area contributed by atoms with Gasteiger partial charge in [0, 0.05) is 38.4 Å². The molecule has 1 aromatic carbocycles. The van der Waals surface area contributed by atoms with Crippen molar-refractivity contribution in [1.29, 1.82) is 0 Å². The van der Waals surface area contributed by atoms with Gasteiger partial charge in [-0.2, -0.15) is 0 Å². The van der Waals surface area contributed by atoms with Crippen LogP contribution in [0.5, 0.6) is 0 Å². The molecule has 0 aromatic heterocycles. The Morgan fingerprint density at radius 3 is 2.72 bits per heavy atom. The van der Waals surface area contributed by atoms with Gasteiger partial charge in [0.1, 0.15) is 5.69 Å². The highest BCUT2D eigenvalue weighted by atomic mass is 32.2. The first-order chi connectivity index (χ1) is 11.8. The van der Waals surface area contributed by atoms with Crippen molar-refractivity contribution in [2.75, 3.05) is 31.2 Å². The van der Waals surface area contributed by atoms with Gasteiger partial charge in [0.2, 0.25) is 5.91 Å². The predicted octanol–water partition coefficient (Wildman–Crippen LogP) is 2.20. The summed E-state index contributed by atoms with van der Waals surface area (Å²) in [6.45, 7) is 1.84. The van der Waals surface area contributed by atoms with Crippen LogP contribution in [0.4, 0.5) is 11.4 Å². The summed E-state index contributed by atoms with van der Waals surface area (Å²) in [5.41, 5.74) is 0.00775. The molecule has 1 aliphatic rings. The molecule has 138 valence electrons. The summed E-state index contributed by atoms with van der Waals surface area (Å²) < 4.78 is 23.1. The Bertz CT molecular complexity index is 748. The van der Waals surface area contributed by atoms with Crippen LogP contribution in [0.3, 0.4) is 0 Å². The molecule has 0 saturated carbocycles. The number of carbonyl (C=O) groups is 1. The Morgan fingerprint density at radius 1 is 1.28 bits per heavy atom. The van der Waals surface area contributed by atoms with Crippen molar-refractivity contribution in [2.24, 2.45) is 0 Å². The Hall–Kier alpha value is -2.16. The monoisotopic (exact) mass is 369 g/mol. The van der Waals surface area contributed by atoms with E-state index in [2.05, 4.69) is 5.32 Å². The molecule has 0 unspecified atom stereocenters. The normalized spacial score (nSPS) is 15.7. The molecular weight excluding hydrogens is 346 g/mol. The van der Waals surface area contributed by atoms with E-state index in [4.69, 9.17) is 0 Å². The Kier molecular flexibility index (Phi) is 6.35. The number of nitro benzene ring substituents is 1. The van der Waals surface area contributed by atoms with E-state index in [1.165, 1.54) is 12.1 Å². The van der Waals surface area contributed by atoms with E-state index in [9.17, 15) is 23.3 Å². The third-order valence-corrected chi connectivity index (χ3v) is 5.30. The zero-order valence-electron chi connectivity index (χ0n) is 14.2. The number of carbonyl (C=O) groups excluding carboxylic acids is 1. The molecule has 9 heteroatoms. The molecule has 1 fully saturated rings. The van der Waals surface area contributed by atoms with Crippen LogP contribution in [-0.4, -0.2) is 50.0 Å². The molecule has 0 bridgehead atoms. The molecule has 8 nitrogen and oxygen atoms in total. The van der Waals surface area contributed by atoms with E-state index in [0.29, 0.717) is 25.9 Å². The number of nitro groups is 1. The van der Waals surface area contributed by atoms with Gasteiger partial charge in [0.05, 0.1) is 9.82 Å². The molecule has 1 amide bonds. The van der Waals surface area contributed by atoms with Crippen molar-refractivity contribution >= 4 is 27.1 Å². The lowest BCUT2D eigenvalue weighted by Gasteiger charge is -2.20. The van der Waals surface area contributed by atoms with E-state index < -0.39 is 14.8 Å². The third kappa shape index (κ3) is 5.42. The number of benzene rings is 1. The maximum atomic E-state index is 11.9. The highest BCUT2D eigenvalue weighted by molar-refractivity contribution is 7.90. The van der Waals surface area contributed by atoms with Gasteiger partial charge in [-0.1, -0.05) is 6.42 Å². The summed E-state index contributed by atoms with van der Waals surface area (Å²) in [6, 6.07) is 3.82. The highest BCUT2D eigenvalue weighted by Crippen LogP contribution is 2.27. The number of nitrogens with zero attached hydrogens (tertiary/aromatic N) is 2. The van der Waals surface area contributed by atoms with E-state index in [0.717, 1.165) is 38.1 Å². The lowest BCUT2D eigenvalue weighted by molar-refractivity contribution is -0.384. The fourth-order valence-corrected chi connectivity index (χ4v) is 3.45. The lowest BCUT2D eigenvalue weighted by Crippen LogP contribution is -2.32. The molecule has 1 N–H and O–H groups in total. The van der Waals surface area contributed by atoms with Crippen LogP contribution in [-0.2, 0) is 14.6 Å². The smallest absolute Gasteiger partial charge is 0.293 e. The lowest BCUT2D eigenvalue weighted by atomic mass is 10.2. The van der Waals surface area contributed by atoms with Gasteiger partial charge in [-0.15, -0.1) is 0 Å². The van der Waals surface area contributed by atoms with Gasteiger partial charge in [0.25, 0.3) is 5.69 Å². The summed E-state index contributed by atoms with van der Waals surface area (Å²) in [5, 5.41) is 14.1. The molecule has 25 heavy (non-hydrogen) atoms. The molecule has 0 radical (unpaired) electrons. The van der Waals surface area contributed by atoms with Crippen molar-refractivity contribution in [2.45, 2.75) is 37.0 Å². The second-order valence-electron chi connectivity index (χ2n) is 6.18. The first kappa shape index (κ1) is 19.2. The van der Waals surface area contributed by atoms with Crippen LogP contribution < -0.4 is 5.32 Å². The van der Waals surface area contributed by atoms with E-state index in [1.807, 2.05) is 4.90 Å². The van der Waals surface area contributed by atoms with Gasteiger partial charge >= 0.3 is 0 Å². The summed E-state index contributed by atoms with van der Waals surface area (Å²) in [5.74, 6) is 0.168. The standard InChI is InChI=1S/C16H23N3O5S/c1-25(23,24)13-7-8-14(15(12-13)19(21)22)17-9-5-11-18-10-4-2-3-6-16(18)20/h7-8,12,17H,2-6,9-11H2,1H3. The minimum Gasteiger partial charge on any atom is -0.379 e. The van der Waals surface area contributed by atoms with Gasteiger partial charge < -0.3 is 10.2 Å². The number of sulfone groups is 1. The Labute approximate surface area is 147 Å². The van der Waals surface area contributed by atoms with Crippen LogP contribution in [0.2, 0.25) is 0 Å². The first-order valence-electron chi connectivity index (χ1n) is 8.29. The van der Waals surface area contributed by atoms with Crippen LogP contribution in [0.15, 0.2) is 23.1 Å². The number of rotatable bonds is 7. The fourth-order valence-electron chi connectivity index (χ4n) is 2.81. The molecule has 1 heterocycles. The van der Waals surface area contributed by atoms with E-state index >= 15 is 0 Å². The number of nitrogens with one attached hydrogen (secondary N) is 1. The average Bonchev–Trinajstić information content (AvgIpc) is 2.75. The molecular formula is C16H23N3O5S. The number of hydrogen-bond acceptors (Lipinski definition) is 6. The molecule has 1 aliphatic heterocycles. The Balaban J connectivity index is 1.96. The second kappa shape index (κ2) is 8.28. The number of likely N-dealkylation sites (tertiary alicyclic amines) is 1. The number of amides is 1. The minimum atomic E-state index is -3.50. The quantitative estimate of drug-likeness (QED) is 0.448. The molecule has 1 aromatic rings. The van der Waals surface area contributed by atoms with Crippen molar-refractivity contribution in [3.63, 3.8) is 0 Å². The molecule has 2 rings (SSSR count). The van der Waals surface area contributed by atoms with Crippen LogP contribution >= 0.6 is 0 Å². The summed E-state index contributed by atoms with van der Waals surface area (Å²) in [6.07, 6.45) is 5.28. The zero-order chi connectivity index (χ0) is 18.4.